The van der Waals surface area contributed by atoms with Gasteiger partial charge in [-0.2, -0.15) is 5.26 Å². The van der Waals surface area contributed by atoms with Crippen LogP contribution >= 0.6 is 0 Å². The number of rotatable bonds is 1. The van der Waals surface area contributed by atoms with Crippen LogP contribution in [0, 0.1) is 11.3 Å². The van der Waals surface area contributed by atoms with Gasteiger partial charge in [0.1, 0.15) is 6.07 Å². The van der Waals surface area contributed by atoms with E-state index >= 15 is 0 Å². The highest BCUT2D eigenvalue weighted by Crippen LogP contribution is 2.36. The molecule has 1 aliphatic carbocycles. The summed E-state index contributed by atoms with van der Waals surface area (Å²) in [6.07, 6.45) is 4.43. The Morgan fingerprint density at radius 3 is 2.53 bits per heavy atom. The summed E-state index contributed by atoms with van der Waals surface area (Å²) in [5.74, 6) is 0.249. The summed E-state index contributed by atoms with van der Waals surface area (Å²) in [6.45, 7) is 4.24. The number of fused-ring (bicyclic) bond motifs is 1. The van der Waals surface area contributed by atoms with Gasteiger partial charge >= 0.3 is 0 Å². The van der Waals surface area contributed by atoms with E-state index in [-0.39, 0.29) is 5.92 Å². The van der Waals surface area contributed by atoms with E-state index in [0.29, 0.717) is 0 Å². The minimum Gasteiger partial charge on any atom is -0.192 e. The number of nitriles is 1. The molecule has 0 aliphatic heterocycles. The molecular formula is C18H15N. The quantitative estimate of drug-likeness (QED) is 0.714. The molecule has 0 spiro atoms. The molecule has 1 aliphatic rings. The Labute approximate surface area is 113 Å². The van der Waals surface area contributed by atoms with Gasteiger partial charge in [0.15, 0.2) is 0 Å². The van der Waals surface area contributed by atoms with Crippen molar-refractivity contribution in [3.05, 3.63) is 70.8 Å². The van der Waals surface area contributed by atoms with Crippen molar-refractivity contribution in [2.75, 3.05) is 0 Å². The molecule has 19 heavy (non-hydrogen) atoms. The van der Waals surface area contributed by atoms with Crippen molar-refractivity contribution in [1.29, 1.82) is 5.26 Å². The van der Waals surface area contributed by atoms with Gasteiger partial charge in [0.25, 0.3) is 0 Å². The lowest BCUT2D eigenvalue weighted by molar-refractivity contribution is 1.01. The lowest BCUT2D eigenvalue weighted by Gasteiger charge is -2.14. The molecule has 0 radical (unpaired) electrons. The molecule has 0 bridgehead atoms. The van der Waals surface area contributed by atoms with E-state index in [0.717, 1.165) is 21.9 Å². The highest BCUT2D eigenvalue weighted by molar-refractivity contribution is 5.89. The van der Waals surface area contributed by atoms with Crippen molar-refractivity contribution in [3.63, 3.8) is 0 Å². The molecule has 92 valence electrons. The molecular weight excluding hydrogens is 230 g/mol. The topological polar surface area (TPSA) is 23.8 Å². The van der Waals surface area contributed by atoms with Crippen LogP contribution < -0.4 is 0 Å². The maximum Gasteiger partial charge on any atom is 0.100 e. The second-order valence-corrected chi connectivity index (χ2v) is 5.14. The van der Waals surface area contributed by atoms with Crippen LogP contribution in [-0.2, 0) is 0 Å². The van der Waals surface area contributed by atoms with Gasteiger partial charge in [-0.1, -0.05) is 59.7 Å². The summed E-state index contributed by atoms with van der Waals surface area (Å²) in [5, 5.41) is 11.7. The number of hydrogen-bond donors (Lipinski definition) is 0. The first-order chi connectivity index (χ1) is 9.20. The average molecular weight is 245 g/mol. The number of hydrogen-bond acceptors (Lipinski definition) is 1. The zero-order chi connectivity index (χ0) is 13.4. The highest BCUT2D eigenvalue weighted by Gasteiger charge is 2.20. The van der Waals surface area contributed by atoms with Gasteiger partial charge in [0.05, 0.1) is 5.56 Å². The highest BCUT2D eigenvalue weighted by atomic mass is 14.3. The minimum absolute atomic E-state index is 0.249. The summed E-state index contributed by atoms with van der Waals surface area (Å²) in [5.41, 5.74) is 4.51. The van der Waals surface area contributed by atoms with E-state index in [4.69, 9.17) is 0 Å². The first kappa shape index (κ1) is 11.7. The number of nitrogens with zero attached hydrogens (tertiary/aromatic N) is 1. The van der Waals surface area contributed by atoms with Crippen molar-refractivity contribution in [3.8, 4) is 6.07 Å². The number of allylic oxidation sites excluding steroid dienone is 4. The van der Waals surface area contributed by atoms with Crippen LogP contribution in [0.15, 0.2) is 59.7 Å². The van der Waals surface area contributed by atoms with Gasteiger partial charge in [0.2, 0.25) is 0 Å². The van der Waals surface area contributed by atoms with Crippen molar-refractivity contribution in [1.82, 2.24) is 0 Å². The molecule has 0 amide bonds. The summed E-state index contributed by atoms with van der Waals surface area (Å²) >= 11 is 0. The van der Waals surface area contributed by atoms with Crippen molar-refractivity contribution < 1.29 is 0 Å². The Bertz CT molecular complexity index is 757. The van der Waals surface area contributed by atoms with Gasteiger partial charge in [0, 0.05) is 5.92 Å². The lowest BCUT2D eigenvalue weighted by Crippen LogP contribution is -1.98. The van der Waals surface area contributed by atoms with Crippen molar-refractivity contribution in [2.45, 2.75) is 19.8 Å². The van der Waals surface area contributed by atoms with Crippen LogP contribution in [0.2, 0.25) is 0 Å². The molecule has 0 heterocycles. The van der Waals surface area contributed by atoms with Crippen LogP contribution in [-0.4, -0.2) is 0 Å². The molecule has 0 saturated heterocycles. The van der Waals surface area contributed by atoms with E-state index in [1.54, 1.807) is 0 Å². The van der Waals surface area contributed by atoms with Crippen molar-refractivity contribution in [2.24, 2.45) is 0 Å². The summed E-state index contributed by atoms with van der Waals surface area (Å²) in [6, 6.07) is 14.7. The third-order valence-corrected chi connectivity index (χ3v) is 3.78. The third kappa shape index (κ3) is 1.86. The van der Waals surface area contributed by atoms with Crippen LogP contribution in [0.3, 0.4) is 0 Å². The second kappa shape index (κ2) is 4.40. The molecule has 1 nitrogen and oxygen atoms in total. The first-order valence-electron chi connectivity index (χ1n) is 6.49. The van der Waals surface area contributed by atoms with Gasteiger partial charge in [-0.15, -0.1) is 0 Å². The largest absolute Gasteiger partial charge is 0.192 e. The van der Waals surface area contributed by atoms with Crippen LogP contribution in [0.5, 0.6) is 0 Å². The smallest absolute Gasteiger partial charge is 0.100 e. The van der Waals surface area contributed by atoms with E-state index < -0.39 is 0 Å². The normalized spacial score (nSPS) is 18.1. The molecule has 1 heteroatoms. The van der Waals surface area contributed by atoms with Crippen molar-refractivity contribution >= 4 is 10.8 Å². The Kier molecular flexibility index (Phi) is 2.72. The Morgan fingerprint density at radius 2 is 1.84 bits per heavy atom. The van der Waals surface area contributed by atoms with Gasteiger partial charge in [-0.05, 0) is 30.2 Å². The zero-order valence-electron chi connectivity index (χ0n) is 11.1. The fourth-order valence-electron chi connectivity index (χ4n) is 2.90. The maximum atomic E-state index is 9.54. The summed E-state index contributed by atoms with van der Waals surface area (Å²) < 4.78 is 0. The standard InChI is InChI=1S/C18H15N/c1-12-9-13(2)17(10-12)16-8-7-14-5-3-4-6-15(14)18(16)11-19/h3-10,17H,1-2H3. The molecule has 3 rings (SSSR count). The molecule has 0 N–H and O–H groups in total. The summed E-state index contributed by atoms with van der Waals surface area (Å²) in [7, 11) is 0. The minimum atomic E-state index is 0.249. The van der Waals surface area contributed by atoms with Gasteiger partial charge in [-0.25, -0.2) is 0 Å². The molecule has 2 aromatic carbocycles. The van der Waals surface area contributed by atoms with E-state index in [1.807, 2.05) is 18.2 Å². The monoisotopic (exact) mass is 245 g/mol. The van der Waals surface area contributed by atoms with E-state index in [2.05, 4.69) is 50.3 Å². The maximum absolute atomic E-state index is 9.54. The summed E-state index contributed by atoms with van der Waals surface area (Å²) in [4.78, 5) is 0. The van der Waals surface area contributed by atoms with E-state index in [9.17, 15) is 5.26 Å². The van der Waals surface area contributed by atoms with Crippen LogP contribution in [0.1, 0.15) is 30.9 Å². The van der Waals surface area contributed by atoms with Gasteiger partial charge < -0.3 is 0 Å². The van der Waals surface area contributed by atoms with Crippen LogP contribution in [0.4, 0.5) is 0 Å². The third-order valence-electron chi connectivity index (χ3n) is 3.78. The molecule has 2 aromatic rings. The predicted octanol–water partition coefficient (Wildman–Crippen LogP) is 4.70. The first-order valence-corrected chi connectivity index (χ1v) is 6.49. The Balaban J connectivity index is 2.26. The fraction of sp³-hybridized carbons (Fsp3) is 0.167. The number of benzene rings is 2. The van der Waals surface area contributed by atoms with Crippen LogP contribution in [0.25, 0.3) is 10.8 Å². The molecule has 1 atom stereocenters. The van der Waals surface area contributed by atoms with E-state index in [1.165, 1.54) is 11.1 Å². The molecule has 0 saturated carbocycles. The average Bonchev–Trinajstić information content (AvgIpc) is 2.76. The molecule has 0 aromatic heterocycles. The SMILES string of the molecule is CC1=CC(c2ccc3ccccc3c2C#N)C(C)=C1. The lowest BCUT2D eigenvalue weighted by atomic mass is 9.88. The molecule has 1 unspecified atom stereocenters. The zero-order valence-corrected chi connectivity index (χ0v) is 11.1. The van der Waals surface area contributed by atoms with Gasteiger partial charge in [-0.3, -0.25) is 0 Å². The Hall–Kier alpha value is -2.33. The fourth-order valence-corrected chi connectivity index (χ4v) is 2.90. The predicted molar refractivity (Wildman–Crippen MR) is 78.9 cm³/mol. The second-order valence-electron chi connectivity index (χ2n) is 5.14. The molecule has 0 fully saturated rings. The Morgan fingerprint density at radius 1 is 1.05 bits per heavy atom.